The van der Waals surface area contributed by atoms with Crippen molar-refractivity contribution in [1.82, 2.24) is 26.6 Å². The number of ether oxygens (including phenoxy) is 1. The maximum absolute atomic E-state index is 12.1. The fourth-order valence-corrected chi connectivity index (χ4v) is 2.66. The Morgan fingerprint density at radius 3 is 2.56 bits per heavy atom. The molecule has 1 heterocycles. The second-order valence-corrected chi connectivity index (χ2v) is 6.18. The number of hydrogen-bond acceptors (Lipinski definition) is 6. The summed E-state index contributed by atoms with van der Waals surface area (Å²) >= 11 is 0. The van der Waals surface area contributed by atoms with E-state index in [9.17, 15) is 18.0 Å². The molecule has 3 atom stereocenters. The monoisotopic (exact) mass is 390 g/mol. The van der Waals surface area contributed by atoms with E-state index < -0.39 is 18.7 Å². The first kappa shape index (κ1) is 21.2. The van der Waals surface area contributed by atoms with Gasteiger partial charge in [-0.05, 0) is 44.7 Å². The fraction of sp³-hybridized carbons (Fsp3) is 0.562. The first-order valence-corrected chi connectivity index (χ1v) is 8.58. The molecule has 0 aromatic heterocycles. The zero-order valence-corrected chi connectivity index (χ0v) is 15.1. The van der Waals surface area contributed by atoms with Crippen molar-refractivity contribution in [3.05, 3.63) is 24.3 Å². The van der Waals surface area contributed by atoms with Crippen LogP contribution in [0, 0.1) is 0 Å². The summed E-state index contributed by atoms with van der Waals surface area (Å²) in [6, 6.07) is 4.60. The summed E-state index contributed by atoms with van der Waals surface area (Å²) in [5.74, 6) is -0.353. The van der Waals surface area contributed by atoms with Crippen molar-refractivity contribution in [3.8, 4) is 5.75 Å². The number of nitrogens with one attached hydrogen (secondary N) is 6. The lowest BCUT2D eigenvalue weighted by molar-refractivity contribution is -0.274. The summed E-state index contributed by atoms with van der Waals surface area (Å²) < 4.78 is 40.2. The Morgan fingerprint density at radius 1 is 1.22 bits per heavy atom. The Morgan fingerprint density at radius 2 is 1.93 bits per heavy atom. The smallest absolute Gasteiger partial charge is 0.406 e. The number of halogens is 3. The lowest BCUT2D eigenvalue weighted by Gasteiger charge is -2.36. The topological polar surface area (TPSA) is 98.5 Å². The van der Waals surface area contributed by atoms with E-state index in [1.807, 2.05) is 14.0 Å². The van der Waals surface area contributed by atoms with Gasteiger partial charge in [-0.25, -0.2) is 4.79 Å². The SMILES string of the molecule is CNCCNC1CC(C)NC(NC(=O)Nc2ccc(OC(F)(F)F)cc2)N1. The van der Waals surface area contributed by atoms with Crippen LogP contribution in [0.3, 0.4) is 0 Å². The normalized spacial score (nSPS) is 22.9. The summed E-state index contributed by atoms with van der Waals surface area (Å²) in [7, 11) is 1.87. The van der Waals surface area contributed by atoms with Crippen LogP contribution in [0.5, 0.6) is 5.75 Å². The molecule has 1 fully saturated rings. The fourth-order valence-electron chi connectivity index (χ4n) is 2.66. The van der Waals surface area contributed by atoms with E-state index in [1.165, 1.54) is 12.1 Å². The zero-order valence-electron chi connectivity index (χ0n) is 15.1. The van der Waals surface area contributed by atoms with Crippen LogP contribution in [0.15, 0.2) is 24.3 Å². The van der Waals surface area contributed by atoms with Crippen molar-refractivity contribution in [3.63, 3.8) is 0 Å². The van der Waals surface area contributed by atoms with Gasteiger partial charge in [-0.2, -0.15) is 0 Å². The standard InChI is InChI=1S/C16H25F3N6O2/c1-10-9-13(21-8-7-20-2)24-14(22-10)25-15(26)23-11-3-5-12(6-4-11)27-16(17,18)19/h3-6,10,13-14,20-22,24H,7-9H2,1-2H3,(H2,23,25,26). The summed E-state index contributed by atoms with van der Waals surface area (Å²) in [5, 5.41) is 18.1. The van der Waals surface area contributed by atoms with Gasteiger partial charge < -0.3 is 26.0 Å². The van der Waals surface area contributed by atoms with Gasteiger partial charge in [-0.15, -0.1) is 13.2 Å². The van der Waals surface area contributed by atoms with Crippen molar-refractivity contribution in [2.45, 2.75) is 38.2 Å². The minimum absolute atomic E-state index is 0.0405. The third-order valence-corrected chi connectivity index (χ3v) is 3.80. The van der Waals surface area contributed by atoms with Crippen molar-refractivity contribution in [2.75, 3.05) is 25.5 Å². The molecule has 152 valence electrons. The number of amides is 2. The Bertz CT molecular complexity index is 599. The number of carbonyl (C=O) groups is 1. The van der Waals surface area contributed by atoms with Crippen molar-refractivity contribution in [2.24, 2.45) is 0 Å². The molecule has 0 saturated carbocycles. The highest BCUT2D eigenvalue weighted by molar-refractivity contribution is 5.89. The van der Waals surface area contributed by atoms with Gasteiger partial charge in [0.05, 0.1) is 6.17 Å². The lowest BCUT2D eigenvalue weighted by atomic mass is 10.1. The van der Waals surface area contributed by atoms with Gasteiger partial charge in [0.2, 0.25) is 0 Å². The van der Waals surface area contributed by atoms with E-state index in [0.717, 1.165) is 31.6 Å². The Kier molecular flexibility index (Phi) is 7.66. The molecule has 1 aromatic rings. The molecule has 1 aliphatic rings. The van der Waals surface area contributed by atoms with Crippen LogP contribution < -0.4 is 36.6 Å². The van der Waals surface area contributed by atoms with Crippen LogP contribution in [-0.4, -0.2) is 51.0 Å². The molecule has 0 bridgehead atoms. The van der Waals surface area contributed by atoms with Crippen LogP contribution in [-0.2, 0) is 0 Å². The molecule has 2 rings (SSSR count). The summed E-state index contributed by atoms with van der Waals surface area (Å²) in [6.45, 7) is 3.62. The van der Waals surface area contributed by atoms with Gasteiger partial charge in [-0.3, -0.25) is 10.6 Å². The summed E-state index contributed by atoms with van der Waals surface area (Å²) in [5.41, 5.74) is 0.342. The number of likely N-dealkylation sites (N-methyl/N-ethyl adjacent to an activating group) is 1. The second-order valence-electron chi connectivity index (χ2n) is 6.18. The van der Waals surface area contributed by atoms with Crippen LogP contribution in [0.1, 0.15) is 13.3 Å². The number of benzene rings is 1. The highest BCUT2D eigenvalue weighted by Crippen LogP contribution is 2.23. The minimum Gasteiger partial charge on any atom is -0.406 e. The third kappa shape index (κ3) is 7.99. The molecular weight excluding hydrogens is 365 g/mol. The quantitative estimate of drug-likeness (QED) is 0.390. The van der Waals surface area contributed by atoms with Crippen LogP contribution in [0.25, 0.3) is 0 Å². The van der Waals surface area contributed by atoms with Crippen LogP contribution in [0.4, 0.5) is 23.7 Å². The average molecular weight is 390 g/mol. The third-order valence-electron chi connectivity index (χ3n) is 3.80. The number of urea groups is 1. The Labute approximate surface area is 155 Å². The van der Waals surface area contributed by atoms with Crippen molar-refractivity contribution < 1.29 is 22.7 Å². The predicted octanol–water partition coefficient (Wildman–Crippen LogP) is 1.10. The zero-order chi connectivity index (χ0) is 19.9. The van der Waals surface area contributed by atoms with Crippen molar-refractivity contribution >= 4 is 11.7 Å². The molecule has 11 heteroatoms. The molecule has 2 amide bonds. The van der Waals surface area contributed by atoms with E-state index >= 15 is 0 Å². The highest BCUT2D eigenvalue weighted by Gasteiger charge is 2.31. The molecule has 6 N–H and O–H groups in total. The first-order chi connectivity index (χ1) is 12.7. The maximum Gasteiger partial charge on any atom is 0.573 e. The summed E-state index contributed by atoms with van der Waals surface area (Å²) in [6.07, 6.45) is -4.31. The van der Waals surface area contributed by atoms with Gasteiger partial charge in [0.15, 0.2) is 0 Å². The number of anilines is 1. The molecule has 3 unspecified atom stereocenters. The maximum atomic E-state index is 12.1. The van der Waals surface area contributed by atoms with Crippen molar-refractivity contribution in [1.29, 1.82) is 0 Å². The van der Waals surface area contributed by atoms with Gasteiger partial charge in [-0.1, -0.05) is 0 Å². The minimum atomic E-state index is -4.75. The van der Waals surface area contributed by atoms with Gasteiger partial charge in [0.25, 0.3) is 0 Å². The molecule has 8 nitrogen and oxygen atoms in total. The van der Waals surface area contributed by atoms with Gasteiger partial charge >= 0.3 is 12.4 Å². The first-order valence-electron chi connectivity index (χ1n) is 8.58. The van der Waals surface area contributed by atoms with E-state index in [-0.39, 0.29) is 18.0 Å². The molecule has 0 aliphatic carbocycles. The van der Waals surface area contributed by atoms with Gasteiger partial charge in [0.1, 0.15) is 12.0 Å². The highest BCUT2D eigenvalue weighted by atomic mass is 19.4. The molecule has 1 aliphatic heterocycles. The molecule has 0 spiro atoms. The number of carbonyl (C=O) groups excluding carboxylic acids is 1. The van der Waals surface area contributed by atoms with E-state index in [4.69, 9.17) is 0 Å². The largest absolute Gasteiger partial charge is 0.573 e. The second kappa shape index (κ2) is 9.74. The molecule has 1 aromatic carbocycles. The number of alkyl halides is 3. The molecule has 27 heavy (non-hydrogen) atoms. The predicted molar refractivity (Wildman–Crippen MR) is 95.1 cm³/mol. The Hall–Kier alpha value is -2.08. The summed E-state index contributed by atoms with van der Waals surface area (Å²) in [4.78, 5) is 12.1. The van der Waals surface area contributed by atoms with Crippen LogP contribution >= 0.6 is 0 Å². The van der Waals surface area contributed by atoms with E-state index in [2.05, 4.69) is 36.6 Å². The average Bonchev–Trinajstić information content (AvgIpc) is 2.55. The Balaban J connectivity index is 1.82. The molecule has 1 saturated heterocycles. The molecular formula is C16H25F3N6O2. The van der Waals surface area contributed by atoms with Crippen LogP contribution in [0.2, 0.25) is 0 Å². The molecule has 0 radical (unpaired) electrons. The van der Waals surface area contributed by atoms with E-state index in [0.29, 0.717) is 5.69 Å². The lowest BCUT2D eigenvalue weighted by Crippen LogP contribution is -2.68. The van der Waals surface area contributed by atoms with Gasteiger partial charge in [0, 0.05) is 24.8 Å². The van der Waals surface area contributed by atoms with E-state index in [1.54, 1.807) is 0 Å². The number of hydrogen-bond donors (Lipinski definition) is 6. The number of rotatable bonds is 7.